The largest absolute Gasteiger partial charge is 0.353 e. The summed E-state index contributed by atoms with van der Waals surface area (Å²) in [7, 11) is 0. The summed E-state index contributed by atoms with van der Waals surface area (Å²) in [6.45, 7) is 4.52. The summed E-state index contributed by atoms with van der Waals surface area (Å²) in [5.74, 6) is 1.66. The van der Waals surface area contributed by atoms with Crippen LogP contribution in [-0.4, -0.2) is 18.0 Å². The van der Waals surface area contributed by atoms with E-state index in [1.165, 1.54) is 19.3 Å². The first kappa shape index (κ1) is 13.9. The Kier molecular flexibility index (Phi) is 4.66. The summed E-state index contributed by atoms with van der Waals surface area (Å²) in [4.78, 5) is 12.3. The molecule has 2 aliphatic rings. The molecule has 18 heavy (non-hydrogen) atoms. The molecule has 5 unspecified atom stereocenters. The van der Waals surface area contributed by atoms with Crippen LogP contribution in [0.4, 0.5) is 0 Å². The second-order valence-corrected chi connectivity index (χ2v) is 6.67. The van der Waals surface area contributed by atoms with Gasteiger partial charge in [-0.1, -0.05) is 26.7 Å². The van der Waals surface area contributed by atoms with Crippen LogP contribution in [0.3, 0.4) is 0 Å². The molecule has 3 N–H and O–H groups in total. The Labute approximate surface area is 111 Å². The number of rotatable bonds is 2. The van der Waals surface area contributed by atoms with Crippen molar-refractivity contribution in [2.75, 3.05) is 0 Å². The van der Waals surface area contributed by atoms with Gasteiger partial charge in [0.1, 0.15) is 0 Å². The minimum absolute atomic E-state index is 0.0472. The van der Waals surface area contributed by atoms with E-state index in [9.17, 15) is 4.79 Å². The number of nitrogens with one attached hydrogen (secondary N) is 1. The quantitative estimate of drug-likeness (QED) is 0.793. The van der Waals surface area contributed by atoms with Crippen LogP contribution in [0, 0.1) is 17.8 Å². The van der Waals surface area contributed by atoms with Gasteiger partial charge in [-0.3, -0.25) is 4.79 Å². The van der Waals surface area contributed by atoms with Gasteiger partial charge in [-0.05, 0) is 43.9 Å². The van der Waals surface area contributed by atoms with Crippen molar-refractivity contribution in [1.82, 2.24) is 5.32 Å². The zero-order valence-electron chi connectivity index (χ0n) is 11.8. The molecule has 0 saturated heterocycles. The lowest BCUT2D eigenvalue weighted by molar-refractivity contribution is -0.128. The number of nitrogens with two attached hydrogens (primary N) is 1. The minimum atomic E-state index is 0.0472. The van der Waals surface area contributed by atoms with Gasteiger partial charge < -0.3 is 11.1 Å². The second kappa shape index (κ2) is 6.05. The first-order chi connectivity index (χ1) is 8.56. The Morgan fingerprint density at radius 3 is 2.50 bits per heavy atom. The van der Waals surface area contributed by atoms with Crippen molar-refractivity contribution in [2.24, 2.45) is 23.5 Å². The molecular formula is C15H28N2O. The van der Waals surface area contributed by atoms with Crippen molar-refractivity contribution in [3.63, 3.8) is 0 Å². The third kappa shape index (κ3) is 3.47. The molecule has 5 atom stereocenters. The van der Waals surface area contributed by atoms with E-state index >= 15 is 0 Å². The van der Waals surface area contributed by atoms with Gasteiger partial charge in [0.05, 0.1) is 5.92 Å². The summed E-state index contributed by atoms with van der Waals surface area (Å²) < 4.78 is 0. The van der Waals surface area contributed by atoms with Crippen molar-refractivity contribution >= 4 is 5.91 Å². The summed E-state index contributed by atoms with van der Waals surface area (Å²) in [6.07, 6.45) is 7.99. The van der Waals surface area contributed by atoms with Crippen LogP contribution < -0.4 is 11.1 Å². The Bertz CT molecular complexity index is 292. The zero-order valence-corrected chi connectivity index (χ0v) is 11.8. The molecule has 0 aromatic rings. The van der Waals surface area contributed by atoms with Crippen molar-refractivity contribution in [2.45, 2.75) is 70.9 Å². The topological polar surface area (TPSA) is 55.1 Å². The smallest absolute Gasteiger partial charge is 0.224 e. The van der Waals surface area contributed by atoms with Crippen LogP contribution in [0.1, 0.15) is 58.8 Å². The molecule has 0 heterocycles. The van der Waals surface area contributed by atoms with Crippen LogP contribution in [0.5, 0.6) is 0 Å². The predicted octanol–water partition coefficient (Wildman–Crippen LogP) is 2.44. The normalized spacial score (nSPS) is 41.4. The lowest BCUT2D eigenvalue weighted by Crippen LogP contribution is -2.48. The standard InChI is InChI=1S/C15H28N2O/c1-10-4-3-5-12(8-10)17-15(18)13-9-11(2)6-7-14(13)16/h10-14H,3-9,16H2,1-2H3,(H,17,18). The summed E-state index contributed by atoms with van der Waals surface area (Å²) in [5, 5.41) is 3.25. The van der Waals surface area contributed by atoms with Crippen molar-refractivity contribution < 1.29 is 4.79 Å². The van der Waals surface area contributed by atoms with Crippen LogP contribution in [0.2, 0.25) is 0 Å². The summed E-state index contributed by atoms with van der Waals surface area (Å²) in [5.41, 5.74) is 6.11. The van der Waals surface area contributed by atoms with Gasteiger partial charge >= 0.3 is 0 Å². The molecule has 0 radical (unpaired) electrons. The SMILES string of the molecule is CC1CCCC(NC(=O)C2CC(C)CCC2N)C1. The molecule has 0 aliphatic heterocycles. The van der Waals surface area contributed by atoms with Gasteiger partial charge in [-0.2, -0.15) is 0 Å². The van der Waals surface area contributed by atoms with Crippen LogP contribution in [0.25, 0.3) is 0 Å². The molecule has 2 aliphatic carbocycles. The molecule has 0 aromatic carbocycles. The number of carbonyl (C=O) groups excluding carboxylic acids is 1. The third-order valence-electron chi connectivity index (χ3n) is 4.79. The molecule has 0 spiro atoms. The Hall–Kier alpha value is -0.570. The van der Waals surface area contributed by atoms with Gasteiger partial charge in [0, 0.05) is 12.1 Å². The average Bonchev–Trinajstić information content (AvgIpc) is 2.32. The van der Waals surface area contributed by atoms with E-state index in [-0.39, 0.29) is 17.9 Å². The molecule has 104 valence electrons. The maximum Gasteiger partial charge on any atom is 0.224 e. The summed E-state index contributed by atoms with van der Waals surface area (Å²) in [6, 6.07) is 0.466. The van der Waals surface area contributed by atoms with Crippen molar-refractivity contribution in [3.8, 4) is 0 Å². The highest BCUT2D eigenvalue weighted by Crippen LogP contribution is 2.29. The lowest BCUT2D eigenvalue weighted by atomic mass is 9.78. The van der Waals surface area contributed by atoms with Crippen molar-refractivity contribution in [3.05, 3.63) is 0 Å². The highest BCUT2D eigenvalue weighted by atomic mass is 16.2. The van der Waals surface area contributed by atoms with E-state index in [2.05, 4.69) is 19.2 Å². The first-order valence-corrected chi connectivity index (χ1v) is 7.62. The van der Waals surface area contributed by atoms with E-state index in [0.717, 1.165) is 31.6 Å². The highest BCUT2D eigenvalue weighted by Gasteiger charge is 2.32. The maximum atomic E-state index is 12.3. The van der Waals surface area contributed by atoms with E-state index in [4.69, 9.17) is 5.73 Å². The first-order valence-electron chi connectivity index (χ1n) is 7.62. The third-order valence-corrected chi connectivity index (χ3v) is 4.79. The molecule has 0 bridgehead atoms. The van der Waals surface area contributed by atoms with E-state index < -0.39 is 0 Å². The Morgan fingerprint density at radius 1 is 1.06 bits per heavy atom. The molecule has 3 nitrogen and oxygen atoms in total. The fraction of sp³-hybridized carbons (Fsp3) is 0.933. The molecule has 1 amide bonds. The average molecular weight is 252 g/mol. The Balaban J connectivity index is 1.86. The highest BCUT2D eigenvalue weighted by molar-refractivity contribution is 5.79. The summed E-state index contributed by atoms with van der Waals surface area (Å²) >= 11 is 0. The van der Waals surface area contributed by atoms with E-state index in [1.54, 1.807) is 0 Å². The molecule has 3 heteroatoms. The lowest BCUT2D eigenvalue weighted by Gasteiger charge is -2.34. The fourth-order valence-electron chi connectivity index (χ4n) is 3.58. The molecule has 2 saturated carbocycles. The zero-order chi connectivity index (χ0) is 13.1. The number of hydrogen-bond donors (Lipinski definition) is 2. The van der Waals surface area contributed by atoms with Gasteiger partial charge in [-0.25, -0.2) is 0 Å². The predicted molar refractivity (Wildman–Crippen MR) is 74.0 cm³/mol. The number of carbonyl (C=O) groups is 1. The number of amides is 1. The van der Waals surface area contributed by atoms with Crippen molar-refractivity contribution in [1.29, 1.82) is 0 Å². The maximum absolute atomic E-state index is 12.3. The van der Waals surface area contributed by atoms with Gasteiger partial charge in [-0.15, -0.1) is 0 Å². The van der Waals surface area contributed by atoms with E-state index in [0.29, 0.717) is 12.0 Å². The van der Waals surface area contributed by atoms with Gasteiger partial charge in [0.2, 0.25) is 5.91 Å². The van der Waals surface area contributed by atoms with Gasteiger partial charge in [0.25, 0.3) is 0 Å². The second-order valence-electron chi connectivity index (χ2n) is 6.67. The van der Waals surface area contributed by atoms with Crippen LogP contribution >= 0.6 is 0 Å². The molecule has 0 aromatic heterocycles. The molecule has 2 rings (SSSR count). The Morgan fingerprint density at radius 2 is 1.78 bits per heavy atom. The van der Waals surface area contributed by atoms with E-state index in [1.807, 2.05) is 0 Å². The number of hydrogen-bond acceptors (Lipinski definition) is 2. The monoisotopic (exact) mass is 252 g/mol. The minimum Gasteiger partial charge on any atom is -0.353 e. The fourth-order valence-corrected chi connectivity index (χ4v) is 3.58. The van der Waals surface area contributed by atoms with Crippen LogP contribution in [0.15, 0.2) is 0 Å². The van der Waals surface area contributed by atoms with Crippen LogP contribution in [-0.2, 0) is 4.79 Å². The molecule has 2 fully saturated rings. The molecular weight excluding hydrogens is 224 g/mol. The van der Waals surface area contributed by atoms with Gasteiger partial charge in [0.15, 0.2) is 0 Å².